The van der Waals surface area contributed by atoms with Crippen molar-refractivity contribution in [1.29, 1.82) is 0 Å². The summed E-state index contributed by atoms with van der Waals surface area (Å²) in [6.07, 6.45) is 1.26. The number of halogens is 1. The number of rotatable bonds is 4. The molecule has 1 unspecified atom stereocenters. The van der Waals surface area contributed by atoms with E-state index in [1.54, 1.807) is 48.5 Å². The van der Waals surface area contributed by atoms with E-state index in [1.165, 1.54) is 17.8 Å². The Morgan fingerprint density at radius 1 is 1.06 bits per heavy atom. The Morgan fingerprint density at radius 3 is 2.62 bits per heavy atom. The molecule has 0 aliphatic rings. The van der Waals surface area contributed by atoms with E-state index in [-0.39, 0.29) is 22.7 Å². The van der Waals surface area contributed by atoms with Crippen LogP contribution in [0.1, 0.15) is 12.6 Å². The van der Waals surface area contributed by atoms with E-state index < -0.39 is 11.4 Å². The van der Waals surface area contributed by atoms with Gasteiger partial charge in [-0.05, 0) is 36.6 Å². The SMILES string of the molecule is CC(O)(Nc1ncnc2[nH]c(=O)[nH]c12)c1cc2cccc(Cl)c2c(=O)n1-c1ccccc1. The van der Waals surface area contributed by atoms with E-state index in [4.69, 9.17) is 11.6 Å². The first-order valence-corrected chi connectivity index (χ1v) is 10.1. The van der Waals surface area contributed by atoms with Gasteiger partial charge in [0, 0.05) is 5.69 Å². The van der Waals surface area contributed by atoms with Crippen molar-refractivity contribution in [1.82, 2.24) is 24.5 Å². The van der Waals surface area contributed by atoms with E-state index in [2.05, 4.69) is 25.3 Å². The van der Waals surface area contributed by atoms with Crippen LogP contribution in [0.4, 0.5) is 5.82 Å². The zero-order valence-corrected chi connectivity index (χ0v) is 17.5. The second kappa shape index (κ2) is 7.33. The van der Waals surface area contributed by atoms with Crippen molar-refractivity contribution >= 4 is 39.4 Å². The average molecular weight is 449 g/mol. The number of imidazole rings is 1. The lowest BCUT2D eigenvalue weighted by Crippen LogP contribution is -2.38. The number of para-hydroxylation sites is 1. The molecule has 1 atom stereocenters. The number of anilines is 1. The summed E-state index contributed by atoms with van der Waals surface area (Å²) in [6, 6.07) is 15.8. The number of H-pyrrole nitrogens is 2. The smallest absolute Gasteiger partial charge is 0.325 e. The second-order valence-electron chi connectivity index (χ2n) is 7.43. The quantitative estimate of drug-likeness (QED) is 0.313. The van der Waals surface area contributed by atoms with Crippen LogP contribution < -0.4 is 16.6 Å². The number of hydrogen-bond donors (Lipinski definition) is 4. The summed E-state index contributed by atoms with van der Waals surface area (Å²) >= 11 is 6.34. The monoisotopic (exact) mass is 448 g/mol. The Hall–Kier alpha value is -3.95. The second-order valence-corrected chi connectivity index (χ2v) is 7.84. The summed E-state index contributed by atoms with van der Waals surface area (Å²) in [7, 11) is 0. The molecule has 2 aromatic carbocycles. The minimum atomic E-state index is -1.78. The molecular formula is C22H17ClN6O3. The Balaban J connectivity index is 1.76. The zero-order valence-electron chi connectivity index (χ0n) is 16.8. The lowest BCUT2D eigenvalue weighted by atomic mass is 10.0. The van der Waals surface area contributed by atoms with E-state index in [9.17, 15) is 14.7 Å². The fourth-order valence-corrected chi connectivity index (χ4v) is 4.01. The highest BCUT2D eigenvalue weighted by Crippen LogP contribution is 2.30. The van der Waals surface area contributed by atoms with Crippen molar-refractivity contribution in [3.63, 3.8) is 0 Å². The molecule has 0 saturated heterocycles. The number of aliphatic hydroxyl groups is 1. The number of nitrogens with zero attached hydrogens (tertiary/aromatic N) is 3. The maximum atomic E-state index is 13.5. The van der Waals surface area contributed by atoms with Gasteiger partial charge in [-0.15, -0.1) is 0 Å². The number of nitrogens with one attached hydrogen (secondary N) is 3. The molecule has 9 nitrogen and oxygen atoms in total. The minimum absolute atomic E-state index is 0.191. The van der Waals surface area contributed by atoms with Gasteiger partial charge in [0.25, 0.3) is 5.56 Å². The van der Waals surface area contributed by atoms with Gasteiger partial charge >= 0.3 is 5.69 Å². The lowest BCUT2D eigenvalue weighted by Gasteiger charge is -2.29. The van der Waals surface area contributed by atoms with Crippen molar-refractivity contribution in [3.05, 3.63) is 92.5 Å². The molecule has 0 saturated carbocycles. The predicted molar refractivity (Wildman–Crippen MR) is 122 cm³/mol. The third-order valence-electron chi connectivity index (χ3n) is 5.19. The largest absolute Gasteiger partial charge is 0.366 e. The van der Waals surface area contributed by atoms with Gasteiger partial charge in [-0.3, -0.25) is 14.3 Å². The van der Waals surface area contributed by atoms with Crippen LogP contribution in [0.2, 0.25) is 5.02 Å². The molecule has 5 rings (SSSR count). The van der Waals surface area contributed by atoms with Crippen LogP contribution in [-0.4, -0.2) is 29.6 Å². The minimum Gasteiger partial charge on any atom is -0.366 e. The van der Waals surface area contributed by atoms with Gasteiger partial charge in [-0.2, -0.15) is 0 Å². The first-order valence-electron chi connectivity index (χ1n) is 9.69. The molecule has 32 heavy (non-hydrogen) atoms. The maximum Gasteiger partial charge on any atom is 0.325 e. The van der Waals surface area contributed by atoms with Crippen molar-refractivity contribution in [2.45, 2.75) is 12.6 Å². The number of benzene rings is 2. The number of aromatic nitrogens is 5. The first-order chi connectivity index (χ1) is 15.3. The summed E-state index contributed by atoms with van der Waals surface area (Å²) in [6.45, 7) is 1.50. The molecule has 5 aromatic rings. The molecule has 0 spiro atoms. The van der Waals surface area contributed by atoms with Crippen LogP contribution >= 0.6 is 11.6 Å². The summed E-state index contributed by atoms with van der Waals surface area (Å²) < 4.78 is 1.40. The molecule has 3 heterocycles. The Morgan fingerprint density at radius 2 is 1.84 bits per heavy atom. The van der Waals surface area contributed by atoms with Crippen LogP contribution in [0.15, 0.2) is 70.5 Å². The maximum absolute atomic E-state index is 13.5. The fourth-order valence-electron chi connectivity index (χ4n) is 3.75. The molecule has 160 valence electrons. The summed E-state index contributed by atoms with van der Waals surface area (Å²) in [5.41, 5.74) is -1.21. The van der Waals surface area contributed by atoms with Crippen LogP contribution in [0.25, 0.3) is 27.6 Å². The third-order valence-corrected chi connectivity index (χ3v) is 5.50. The molecular weight excluding hydrogens is 432 g/mol. The fraction of sp³-hybridized carbons (Fsp3) is 0.0909. The normalized spacial score (nSPS) is 13.3. The van der Waals surface area contributed by atoms with Gasteiger partial charge in [0.15, 0.2) is 17.2 Å². The van der Waals surface area contributed by atoms with Gasteiger partial charge in [-0.25, -0.2) is 14.8 Å². The topological polar surface area (TPSA) is 129 Å². The highest BCUT2D eigenvalue weighted by Gasteiger charge is 2.30. The standard InChI is InChI=1S/C22H17ClN6O3/c1-22(32,28-19-17-18(24-11-25-19)27-21(31)26-17)15-10-12-6-5-9-14(23)16(12)20(30)29(15)13-7-3-2-4-8-13/h2-11,32H,1H3,(H3,24,25,26,27,28,31). The Labute approximate surface area is 185 Å². The van der Waals surface area contributed by atoms with Gasteiger partial charge < -0.3 is 15.4 Å². The summed E-state index contributed by atoms with van der Waals surface area (Å²) in [5, 5.41) is 15.7. The van der Waals surface area contributed by atoms with E-state index >= 15 is 0 Å². The molecule has 0 radical (unpaired) electrons. The van der Waals surface area contributed by atoms with Crippen molar-refractivity contribution in [2.24, 2.45) is 0 Å². The van der Waals surface area contributed by atoms with Gasteiger partial charge in [0.05, 0.1) is 16.1 Å². The summed E-state index contributed by atoms with van der Waals surface area (Å²) in [5.74, 6) is 0.191. The molecule has 0 aliphatic heterocycles. The highest BCUT2D eigenvalue weighted by molar-refractivity contribution is 6.35. The van der Waals surface area contributed by atoms with Crippen molar-refractivity contribution in [2.75, 3.05) is 5.32 Å². The average Bonchev–Trinajstić information content (AvgIpc) is 3.15. The Kier molecular flexibility index (Phi) is 4.58. The molecule has 0 fully saturated rings. The summed E-state index contributed by atoms with van der Waals surface area (Å²) in [4.78, 5) is 38.6. The predicted octanol–water partition coefficient (Wildman–Crippen LogP) is 2.88. The molecule has 0 bridgehead atoms. The van der Waals surface area contributed by atoms with Gasteiger partial charge in [0.2, 0.25) is 0 Å². The molecule has 0 aliphatic carbocycles. The third kappa shape index (κ3) is 3.24. The Bertz CT molecular complexity index is 1590. The molecule has 3 aromatic heterocycles. The number of fused-ring (bicyclic) bond motifs is 2. The van der Waals surface area contributed by atoms with Crippen LogP contribution in [0, 0.1) is 0 Å². The molecule has 10 heteroatoms. The number of hydrogen-bond acceptors (Lipinski definition) is 6. The zero-order chi connectivity index (χ0) is 22.5. The van der Waals surface area contributed by atoms with Crippen LogP contribution in [0.3, 0.4) is 0 Å². The van der Waals surface area contributed by atoms with Crippen LogP contribution in [-0.2, 0) is 5.72 Å². The van der Waals surface area contributed by atoms with Gasteiger partial charge in [0.1, 0.15) is 11.8 Å². The van der Waals surface area contributed by atoms with E-state index in [0.717, 1.165) is 0 Å². The van der Waals surface area contributed by atoms with Crippen molar-refractivity contribution < 1.29 is 5.11 Å². The van der Waals surface area contributed by atoms with E-state index in [1.807, 2.05) is 6.07 Å². The number of aromatic amines is 2. The van der Waals surface area contributed by atoms with Crippen molar-refractivity contribution in [3.8, 4) is 5.69 Å². The van der Waals surface area contributed by atoms with Gasteiger partial charge in [-0.1, -0.05) is 41.9 Å². The number of pyridine rings is 1. The molecule has 4 N–H and O–H groups in total. The lowest BCUT2D eigenvalue weighted by molar-refractivity contribution is 0.0811. The first kappa shape index (κ1) is 20.0. The van der Waals surface area contributed by atoms with Crippen LogP contribution in [0.5, 0.6) is 0 Å². The van der Waals surface area contributed by atoms with E-state index in [0.29, 0.717) is 27.0 Å². The highest BCUT2D eigenvalue weighted by atomic mass is 35.5. The molecule has 0 amide bonds.